The van der Waals surface area contributed by atoms with Crippen LogP contribution in [0.5, 0.6) is 11.5 Å². The molecule has 1 amide bonds. The molecule has 4 rings (SSSR count). The smallest absolute Gasteiger partial charge is 0.253 e. The Balaban J connectivity index is 1.41. The number of anilines is 1. The Bertz CT molecular complexity index is 809. The fourth-order valence-corrected chi connectivity index (χ4v) is 3.48. The van der Waals surface area contributed by atoms with E-state index < -0.39 is 0 Å². The van der Waals surface area contributed by atoms with Crippen molar-refractivity contribution in [3.05, 3.63) is 47.8 Å². The average molecular weight is 353 g/mol. The zero-order valence-corrected chi connectivity index (χ0v) is 14.9. The van der Waals surface area contributed by atoms with Gasteiger partial charge in [0.05, 0.1) is 17.4 Å². The van der Waals surface area contributed by atoms with Gasteiger partial charge in [-0.2, -0.15) is 0 Å². The van der Waals surface area contributed by atoms with Crippen molar-refractivity contribution < 1.29 is 14.3 Å². The van der Waals surface area contributed by atoms with Gasteiger partial charge in [0.2, 0.25) is 6.79 Å². The van der Waals surface area contributed by atoms with Gasteiger partial charge in [0.25, 0.3) is 5.91 Å². The van der Waals surface area contributed by atoms with Crippen molar-refractivity contribution in [1.29, 1.82) is 0 Å². The standard InChI is InChI=1S/C20H23N3O3/c1-14-3-2-6-23(12-14)17-8-16(10-21-11-17)20(24)22-9-15-4-5-18-19(7-15)26-13-25-18/h4-5,7-8,10-11,14H,2-3,6,9,12-13H2,1H3,(H,22,24). The first-order valence-corrected chi connectivity index (χ1v) is 9.06. The molecule has 136 valence electrons. The minimum absolute atomic E-state index is 0.123. The molecule has 1 saturated heterocycles. The number of rotatable bonds is 4. The van der Waals surface area contributed by atoms with Crippen molar-refractivity contribution in [1.82, 2.24) is 10.3 Å². The Labute approximate surface area is 153 Å². The molecule has 0 bridgehead atoms. The molecular weight excluding hydrogens is 330 g/mol. The quantitative estimate of drug-likeness (QED) is 0.915. The van der Waals surface area contributed by atoms with E-state index in [1.54, 1.807) is 6.20 Å². The van der Waals surface area contributed by atoms with Crippen molar-refractivity contribution in [2.75, 3.05) is 24.8 Å². The molecular formula is C20H23N3O3. The van der Waals surface area contributed by atoms with Gasteiger partial charge in [-0.05, 0) is 42.5 Å². The Morgan fingerprint density at radius 1 is 1.27 bits per heavy atom. The van der Waals surface area contributed by atoms with Gasteiger partial charge in [-0.15, -0.1) is 0 Å². The number of aromatic nitrogens is 1. The second-order valence-corrected chi connectivity index (χ2v) is 7.00. The molecule has 2 aliphatic heterocycles. The van der Waals surface area contributed by atoms with Gasteiger partial charge in [-0.3, -0.25) is 9.78 Å². The van der Waals surface area contributed by atoms with E-state index in [2.05, 4.69) is 22.1 Å². The third kappa shape index (κ3) is 3.59. The van der Waals surface area contributed by atoms with Crippen LogP contribution in [0.4, 0.5) is 5.69 Å². The van der Waals surface area contributed by atoms with Crippen molar-refractivity contribution in [2.45, 2.75) is 26.3 Å². The number of hydrogen-bond donors (Lipinski definition) is 1. The number of amides is 1. The van der Waals surface area contributed by atoms with Crippen LogP contribution in [0.25, 0.3) is 0 Å². The number of ether oxygens (including phenoxy) is 2. The monoisotopic (exact) mass is 353 g/mol. The molecule has 1 atom stereocenters. The maximum atomic E-state index is 12.5. The number of carbonyl (C=O) groups is 1. The summed E-state index contributed by atoms with van der Waals surface area (Å²) >= 11 is 0. The summed E-state index contributed by atoms with van der Waals surface area (Å²) in [6.45, 7) is 4.99. The predicted molar refractivity (Wildman–Crippen MR) is 98.6 cm³/mol. The molecule has 6 heteroatoms. The number of carbonyl (C=O) groups excluding carboxylic acids is 1. The highest BCUT2D eigenvalue weighted by Gasteiger charge is 2.18. The Morgan fingerprint density at radius 3 is 3.04 bits per heavy atom. The van der Waals surface area contributed by atoms with Crippen LogP contribution in [-0.2, 0) is 6.54 Å². The summed E-state index contributed by atoms with van der Waals surface area (Å²) in [4.78, 5) is 19.1. The highest BCUT2D eigenvalue weighted by Crippen LogP contribution is 2.32. The van der Waals surface area contributed by atoms with Crippen molar-refractivity contribution in [3.8, 4) is 11.5 Å². The maximum Gasteiger partial charge on any atom is 0.253 e. The fourth-order valence-electron chi connectivity index (χ4n) is 3.48. The van der Waals surface area contributed by atoms with E-state index >= 15 is 0 Å². The Kier molecular flexibility index (Phi) is 4.65. The van der Waals surface area contributed by atoms with Gasteiger partial charge in [0.1, 0.15) is 0 Å². The molecule has 6 nitrogen and oxygen atoms in total. The Morgan fingerprint density at radius 2 is 2.15 bits per heavy atom. The van der Waals surface area contributed by atoms with Gasteiger partial charge < -0.3 is 19.7 Å². The van der Waals surface area contributed by atoms with E-state index in [1.807, 2.05) is 30.5 Å². The molecule has 0 aliphatic carbocycles. The van der Waals surface area contributed by atoms with Gasteiger partial charge in [-0.1, -0.05) is 13.0 Å². The van der Waals surface area contributed by atoms with E-state index in [4.69, 9.17) is 9.47 Å². The highest BCUT2D eigenvalue weighted by molar-refractivity contribution is 5.94. The predicted octanol–water partition coefficient (Wildman–Crippen LogP) is 2.98. The average Bonchev–Trinajstić information content (AvgIpc) is 3.14. The SMILES string of the molecule is CC1CCCN(c2cncc(C(=O)NCc3ccc4c(c3)OCO4)c2)C1. The molecule has 0 spiro atoms. The van der Waals surface area contributed by atoms with Gasteiger partial charge in [0.15, 0.2) is 11.5 Å². The first kappa shape index (κ1) is 16.7. The highest BCUT2D eigenvalue weighted by atomic mass is 16.7. The number of fused-ring (bicyclic) bond motifs is 1. The second kappa shape index (κ2) is 7.23. The summed E-state index contributed by atoms with van der Waals surface area (Å²) in [5.41, 5.74) is 2.57. The lowest BCUT2D eigenvalue weighted by Gasteiger charge is -2.32. The van der Waals surface area contributed by atoms with Gasteiger partial charge in [-0.25, -0.2) is 0 Å². The fraction of sp³-hybridized carbons (Fsp3) is 0.400. The molecule has 1 N–H and O–H groups in total. The third-order valence-corrected chi connectivity index (χ3v) is 4.90. The number of nitrogens with zero attached hydrogens (tertiary/aromatic N) is 2. The molecule has 1 fully saturated rings. The van der Waals surface area contributed by atoms with Crippen LogP contribution < -0.4 is 19.7 Å². The van der Waals surface area contributed by atoms with Crippen LogP contribution >= 0.6 is 0 Å². The van der Waals surface area contributed by atoms with Crippen molar-refractivity contribution >= 4 is 11.6 Å². The van der Waals surface area contributed by atoms with E-state index in [0.29, 0.717) is 18.0 Å². The lowest BCUT2D eigenvalue weighted by atomic mass is 10.00. The summed E-state index contributed by atoms with van der Waals surface area (Å²) in [6.07, 6.45) is 5.90. The normalized spacial score (nSPS) is 18.7. The van der Waals surface area contributed by atoms with E-state index in [0.717, 1.165) is 35.8 Å². The number of pyridine rings is 1. The van der Waals surface area contributed by atoms with Crippen LogP contribution in [0.1, 0.15) is 35.7 Å². The van der Waals surface area contributed by atoms with Gasteiger partial charge >= 0.3 is 0 Å². The molecule has 26 heavy (non-hydrogen) atoms. The number of nitrogens with one attached hydrogen (secondary N) is 1. The maximum absolute atomic E-state index is 12.5. The number of hydrogen-bond acceptors (Lipinski definition) is 5. The number of benzene rings is 1. The molecule has 0 saturated carbocycles. The van der Waals surface area contributed by atoms with Crippen molar-refractivity contribution in [3.63, 3.8) is 0 Å². The molecule has 1 aromatic heterocycles. The topological polar surface area (TPSA) is 63.7 Å². The van der Waals surface area contributed by atoms with Crippen LogP contribution in [0.15, 0.2) is 36.7 Å². The largest absolute Gasteiger partial charge is 0.454 e. The van der Waals surface area contributed by atoms with Gasteiger partial charge in [0, 0.05) is 25.8 Å². The molecule has 0 radical (unpaired) electrons. The molecule has 3 heterocycles. The first-order chi connectivity index (χ1) is 12.7. The summed E-state index contributed by atoms with van der Waals surface area (Å²) < 4.78 is 10.7. The second-order valence-electron chi connectivity index (χ2n) is 7.00. The minimum Gasteiger partial charge on any atom is -0.454 e. The number of piperidine rings is 1. The molecule has 2 aliphatic rings. The summed E-state index contributed by atoms with van der Waals surface area (Å²) in [5, 5.41) is 2.95. The van der Waals surface area contributed by atoms with Crippen LogP contribution in [0.2, 0.25) is 0 Å². The lowest BCUT2D eigenvalue weighted by molar-refractivity contribution is 0.0950. The zero-order chi connectivity index (χ0) is 17.9. The Hall–Kier alpha value is -2.76. The summed E-state index contributed by atoms with van der Waals surface area (Å²) in [7, 11) is 0. The third-order valence-electron chi connectivity index (χ3n) is 4.90. The molecule has 2 aromatic rings. The summed E-state index contributed by atoms with van der Waals surface area (Å²) in [5.74, 6) is 2.02. The summed E-state index contributed by atoms with van der Waals surface area (Å²) in [6, 6.07) is 7.62. The van der Waals surface area contributed by atoms with E-state index in [9.17, 15) is 4.79 Å². The van der Waals surface area contributed by atoms with Crippen LogP contribution in [0.3, 0.4) is 0 Å². The van der Waals surface area contributed by atoms with E-state index in [1.165, 1.54) is 12.8 Å². The van der Waals surface area contributed by atoms with E-state index in [-0.39, 0.29) is 12.7 Å². The first-order valence-electron chi connectivity index (χ1n) is 9.06. The molecule has 1 aromatic carbocycles. The van der Waals surface area contributed by atoms with Crippen LogP contribution in [-0.4, -0.2) is 30.8 Å². The lowest BCUT2D eigenvalue weighted by Crippen LogP contribution is -2.34. The van der Waals surface area contributed by atoms with Crippen molar-refractivity contribution in [2.24, 2.45) is 5.92 Å². The van der Waals surface area contributed by atoms with Crippen LogP contribution in [0, 0.1) is 5.92 Å². The zero-order valence-electron chi connectivity index (χ0n) is 14.9. The minimum atomic E-state index is -0.123. The molecule has 1 unspecified atom stereocenters.